The SMILES string of the molecule is Cc1ccccc1NC(=O)c1cccn2ccnc12. The fourth-order valence-electron chi connectivity index (χ4n) is 2.03. The molecule has 19 heavy (non-hydrogen) atoms. The van der Waals surface area contributed by atoms with Gasteiger partial charge in [0.15, 0.2) is 0 Å². The van der Waals surface area contributed by atoms with Gasteiger partial charge in [-0.3, -0.25) is 4.79 Å². The molecule has 3 aromatic rings. The van der Waals surface area contributed by atoms with Crippen molar-refractivity contribution in [1.82, 2.24) is 9.38 Å². The summed E-state index contributed by atoms with van der Waals surface area (Å²) >= 11 is 0. The lowest BCUT2D eigenvalue weighted by molar-refractivity contribution is 0.102. The second-order valence-electron chi connectivity index (χ2n) is 4.35. The van der Waals surface area contributed by atoms with Crippen molar-refractivity contribution < 1.29 is 4.79 Å². The summed E-state index contributed by atoms with van der Waals surface area (Å²) in [7, 11) is 0. The summed E-state index contributed by atoms with van der Waals surface area (Å²) in [6.07, 6.45) is 5.37. The van der Waals surface area contributed by atoms with Crippen LogP contribution in [0.3, 0.4) is 0 Å². The highest BCUT2D eigenvalue weighted by molar-refractivity contribution is 6.08. The van der Waals surface area contributed by atoms with Crippen molar-refractivity contribution in [3.05, 3.63) is 66.1 Å². The number of hydrogen-bond donors (Lipinski definition) is 1. The maximum absolute atomic E-state index is 12.3. The molecular weight excluding hydrogens is 238 g/mol. The first-order chi connectivity index (χ1) is 9.25. The molecule has 94 valence electrons. The number of carbonyl (C=O) groups excluding carboxylic acids is 1. The summed E-state index contributed by atoms with van der Waals surface area (Å²) in [5.74, 6) is -0.147. The normalized spacial score (nSPS) is 10.6. The molecule has 0 aliphatic rings. The van der Waals surface area contributed by atoms with Crippen LogP contribution >= 0.6 is 0 Å². The Hall–Kier alpha value is -2.62. The van der Waals surface area contributed by atoms with Crippen molar-refractivity contribution in [2.45, 2.75) is 6.92 Å². The van der Waals surface area contributed by atoms with E-state index in [-0.39, 0.29) is 5.91 Å². The van der Waals surface area contributed by atoms with Gasteiger partial charge in [-0.2, -0.15) is 0 Å². The number of carbonyl (C=O) groups is 1. The van der Waals surface area contributed by atoms with Crippen LogP contribution in [0.15, 0.2) is 55.0 Å². The monoisotopic (exact) mass is 251 g/mol. The van der Waals surface area contributed by atoms with Gasteiger partial charge in [0.2, 0.25) is 0 Å². The molecular formula is C15H13N3O. The van der Waals surface area contributed by atoms with Crippen LogP contribution in [0.25, 0.3) is 5.65 Å². The van der Waals surface area contributed by atoms with Gasteiger partial charge in [-0.1, -0.05) is 18.2 Å². The van der Waals surface area contributed by atoms with Crippen molar-refractivity contribution in [3.63, 3.8) is 0 Å². The van der Waals surface area contributed by atoms with E-state index in [1.807, 2.05) is 54.0 Å². The third-order valence-corrected chi connectivity index (χ3v) is 3.06. The van der Waals surface area contributed by atoms with Gasteiger partial charge in [0, 0.05) is 24.3 Å². The zero-order valence-electron chi connectivity index (χ0n) is 10.5. The molecule has 0 atom stereocenters. The molecule has 4 nitrogen and oxygen atoms in total. The molecule has 1 aromatic carbocycles. The molecule has 0 aliphatic carbocycles. The third-order valence-electron chi connectivity index (χ3n) is 3.06. The van der Waals surface area contributed by atoms with E-state index in [1.165, 1.54) is 0 Å². The number of anilines is 1. The van der Waals surface area contributed by atoms with Crippen molar-refractivity contribution in [2.24, 2.45) is 0 Å². The predicted octanol–water partition coefficient (Wildman–Crippen LogP) is 2.90. The second-order valence-corrected chi connectivity index (χ2v) is 4.35. The van der Waals surface area contributed by atoms with Crippen molar-refractivity contribution in [3.8, 4) is 0 Å². The Morgan fingerprint density at radius 2 is 2.00 bits per heavy atom. The molecule has 0 unspecified atom stereocenters. The van der Waals surface area contributed by atoms with Crippen LogP contribution in [0.2, 0.25) is 0 Å². The summed E-state index contributed by atoms with van der Waals surface area (Å²) < 4.78 is 1.83. The number of pyridine rings is 1. The number of nitrogens with zero attached hydrogens (tertiary/aromatic N) is 2. The van der Waals surface area contributed by atoms with E-state index in [9.17, 15) is 4.79 Å². The Balaban J connectivity index is 1.97. The molecule has 0 saturated heterocycles. The molecule has 4 heteroatoms. The average molecular weight is 251 g/mol. The van der Waals surface area contributed by atoms with Gasteiger partial charge in [-0.05, 0) is 30.7 Å². The maximum Gasteiger partial charge on any atom is 0.259 e. The first-order valence-corrected chi connectivity index (χ1v) is 6.04. The lowest BCUT2D eigenvalue weighted by Crippen LogP contribution is -2.14. The molecule has 0 bridgehead atoms. The second kappa shape index (κ2) is 4.57. The standard InChI is InChI=1S/C15H13N3O/c1-11-5-2-3-7-13(11)17-15(19)12-6-4-9-18-10-8-16-14(12)18/h2-10H,1H3,(H,17,19). The number of rotatable bonds is 2. The molecule has 0 fully saturated rings. The fourth-order valence-corrected chi connectivity index (χ4v) is 2.03. The number of imidazole rings is 1. The van der Waals surface area contributed by atoms with Gasteiger partial charge in [0.1, 0.15) is 5.65 Å². The average Bonchev–Trinajstić information content (AvgIpc) is 2.89. The van der Waals surface area contributed by atoms with Gasteiger partial charge >= 0.3 is 0 Å². The highest BCUT2D eigenvalue weighted by atomic mass is 16.1. The maximum atomic E-state index is 12.3. The van der Waals surface area contributed by atoms with Crippen LogP contribution in [0.1, 0.15) is 15.9 Å². The van der Waals surface area contributed by atoms with Crippen LogP contribution < -0.4 is 5.32 Å². The van der Waals surface area contributed by atoms with Gasteiger partial charge in [0.05, 0.1) is 5.56 Å². The van der Waals surface area contributed by atoms with E-state index in [2.05, 4.69) is 10.3 Å². The van der Waals surface area contributed by atoms with E-state index in [0.717, 1.165) is 11.3 Å². The van der Waals surface area contributed by atoms with Crippen LogP contribution in [-0.2, 0) is 0 Å². The van der Waals surface area contributed by atoms with Crippen LogP contribution in [-0.4, -0.2) is 15.3 Å². The van der Waals surface area contributed by atoms with E-state index in [0.29, 0.717) is 11.2 Å². The molecule has 1 N–H and O–H groups in total. The Morgan fingerprint density at radius 3 is 2.84 bits per heavy atom. The first kappa shape index (κ1) is 11.5. The number of fused-ring (bicyclic) bond motifs is 1. The molecule has 0 aliphatic heterocycles. The van der Waals surface area contributed by atoms with Crippen molar-refractivity contribution >= 4 is 17.2 Å². The van der Waals surface area contributed by atoms with Gasteiger partial charge in [-0.25, -0.2) is 4.98 Å². The molecule has 0 saturated carbocycles. The van der Waals surface area contributed by atoms with Crippen molar-refractivity contribution in [2.75, 3.05) is 5.32 Å². The number of nitrogens with one attached hydrogen (secondary N) is 1. The number of hydrogen-bond acceptors (Lipinski definition) is 2. The van der Waals surface area contributed by atoms with E-state index in [1.54, 1.807) is 12.3 Å². The van der Waals surface area contributed by atoms with Gasteiger partial charge < -0.3 is 9.72 Å². The molecule has 2 aromatic heterocycles. The largest absolute Gasteiger partial charge is 0.322 e. The predicted molar refractivity (Wildman–Crippen MR) is 74.3 cm³/mol. The van der Waals surface area contributed by atoms with E-state index < -0.39 is 0 Å². The highest BCUT2D eigenvalue weighted by Crippen LogP contribution is 2.16. The number of benzene rings is 1. The molecule has 1 amide bonds. The van der Waals surface area contributed by atoms with Crippen LogP contribution in [0.5, 0.6) is 0 Å². The minimum Gasteiger partial charge on any atom is -0.322 e. The molecule has 3 rings (SSSR count). The summed E-state index contributed by atoms with van der Waals surface area (Å²) in [6.45, 7) is 1.96. The number of aromatic nitrogens is 2. The molecule has 0 spiro atoms. The molecule has 2 heterocycles. The van der Waals surface area contributed by atoms with Gasteiger partial charge in [-0.15, -0.1) is 0 Å². The summed E-state index contributed by atoms with van der Waals surface area (Å²) in [4.78, 5) is 16.5. The Labute approximate surface area is 110 Å². The smallest absolute Gasteiger partial charge is 0.259 e. The molecule has 0 radical (unpaired) electrons. The zero-order valence-corrected chi connectivity index (χ0v) is 10.5. The number of aryl methyl sites for hydroxylation is 1. The van der Waals surface area contributed by atoms with Crippen LogP contribution in [0, 0.1) is 6.92 Å². The Kier molecular flexibility index (Phi) is 2.76. The Bertz CT molecular complexity index is 746. The first-order valence-electron chi connectivity index (χ1n) is 6.04. The Morgan fingerprint density at radius 1 is 1.16 bits per heavy atom. The topological polar surface area (TPSA) is 46.4 Å². The summed E-state index contributed by atoms with van der Waals surface area (Å²) in [5, 5.41) is 2.92. The van der Waals surface area contributed by atoms with Gasteiger partial charge in [0.25, 0.3) is 5.91 Å². The van der Waals surface area contributed by atoms with Crippen molar-refractivity contribution in [1.29, 1.82) is 0 Å². The minimum atomic E-state index is -0.147. The summed E-state index contributed by atoms with van der Waals surface area (Å²) in [6, 6.07) is 11.3. The fraction of sp³-hybridized carbons (Fsp3) is 0.0667. The minimum absolute atomic E-state index is 0.147. The highest BCUT2D eigenvalue weighted by Gasteiger charge is 2.12. The lowest BCUT2D eigenvalue weighted by atomic mass is 10.2. The quantitative estimate of drug-likeness (QED) is 0.761. The number of para-hydroxylation sites is 1. The lowest BCUT2D eigenvalue weighted by Gasteiger charge is -2.08. The zero-order chi connectivity index (χ0) is 13.2. The number of amides is 1. The van der Waals surface area contributed by atoms with E-state index >= 15 is 0 Å². The van der Waals surface area contributed by atoms with Crippen LogP contribution in [0.4, 0.5) is 5.69 Å². The summed E-state index contributed by atoms with van der Waals surface area (Å²) in [5.41, 5.74) is 3.08. The third kappa shape index (κ3) is 2.08. The van der Waals surface area contributed by atoms with E-state index in [4.69, 9.17) is 0 Å².